The molecule has 0 fully saturated rings. The summed E-state index contributed by atoms with van der Waals surface area (Å²) < 4.78 is 38.4. The summed E-state index contributed by atoms with van der Waals surface area (Å²) in [6.07, 6.45) is -2.66. The van der Waals surface area contributed by atoms with Gasteiger partial charge in [0.25, 0.3) is 0 Å². The van der Waals surface area contributed by atoms with E-state index in [0.29, 0.717) is 42.9 Å². The Morgan fingerprint density at radius 1 is 1.23 bits per heavy atom. The molecule has 0 heterocycles. The fraction of sp³-hybridized carbons (Fsp3) is 0.632. The zero-order valence-electron chi connectivity index (χ0n) is 15.7. The van der Waals surface area contributed by atoms with Gasteiger partial charge in [0, 0.05) is 19.7 Å². The van der Waals surface area contributed by atoms with Gasteiger partial charge in [-0.15, -0.1) is 0 Å². The van der Waals surface area contributed by atoms with Gasteiger partial charge >= 0.3 is 6.18 Å². The highest BCUT2D eigenvalue weighted by molar-refractivity contribution is 5.79. The molecule has 0 saturated carbocycles. The molecule has 148 valence electrons. The highest BCUT2D eigenvalue weighted by Crippen LogP contribution is 2.29. The summed E-state index contributed by atoms with van der Waals surface area (Å²) in [4.78, 5) is 4.38. The minimum absolute atomic E-state index is 0.136. The smallest absolute Gasteiger partial charge is 0.396 e. The van der Waals surface area contributed by atoms with E-state index in [9.17, 15) is 18.3 Å². The van der Waals surface area contributed by atoms with Gasteiger partial charge in [-0.3, -0.25) is 0 Å². The second kappa shape index (κ2) is 11.1. The molecule has 1 aromatic rings. The number of nitrogens with one attached hydrogen (secondary N) is 2. The van der Waals surface area contributed by atoms with Gasteiger partial charge in [-0.25, -0.2) is 4.99 Å². The Morgan fingerprint density at radius 3 is 2.54 bits per heavy atom. The van der Waals surface area contributed by atoms with Gasteiger partial charge in [-0.1, -0.05) is 26.0 Å². The second-order valence-corrected chi connectivity index (χ2v) is 6.78. The number of halogens is 3. The van der Waals surface area contributed by atoms with Crippen LogP contribution in [0.4, 0.5) is 13.2 Å². The van der Waals surface area contributed by atoms with Crippen LogP contribution < -0.4 is 10.6 Å². The molecule has 0 aliphatic rings. The van der Waals surface area contributed by atoms with E-state index in [1.807, 2.05) is 6.92 Å². The SMILES string of the molecule is CCNC(=NCc1cccc(C(F)(F)F)c1)NCC(CCO)CC(C)C. The van der Waals surface area contributed by atoms with Crippen LogP contribution in [0.15, 0.2) is 29.3 Å². The van der Waals surface area contributed by atoms with E-state index in [1.54, 1.807) is 6.07 Å². The predicted octanol–water partition coefficient (Wildman–Crippen LogP) is 3.81. The van der Waals surface area contributed by atoms with Crippen molar-refractivity contribution in [3.63, 3.8) is 0 Å². The Bertz CT molecular complexity index is 559. The lowest BCUT2D eigenvalue weighted by Crippen LogP contribution is -2.40. The van der Waals surface area contributed by atoms with Crippen LogP contribution in [0.1, 0.15) is 44.7 Å². The fourth-order valence-electron chi connectivity index (χ4n) is 2.75. The largest absolute Gasteiger partial charge is 0.416 e. The van der Waals surface area contributed by atoms with Gasteiger partial charge in [-0.05, 0) is 49.3 Å². The zero-order valence-corrected chi connectivity index (χ0v) is 15.7. The second-order valence-electron chi connectivity index (χ2n) is 6.78. The van der Waals surface area contributed by atoms with Crippen molar-refractivity contribution in [2.45, 2.75) is 46.3 Å². The summed E-state index contributed by atoms with van der Waals surface area (Å²) in [5, 5.41) is 15.5. The van der Waals surface area contributed by atoms with E-state index in [1.165, 1.54) is 6.07 Å². The van der Waals surface area contributed by atoms with E-state index < -0.39 is 11.7 Å². The van der Waals surface area contributed by atoms with Gasteiger partial charge < -0.3 is 15.7 Å². The number of guanidine groups is 1. The van der Waals surface area contributed by atoms with Crippen LogP contribution in [0, 0.1) is 11.8 Å². The first-order valence-electron chi connectivity index (χ1n) is 9.05. The van der Waals surface area contributed by atoms with Gasteiger partial charge in [-0.2, -0.15) is 13.2 Å². The van der Waals surface area contributed by atoms with E-state index in [2.05, 4.69) is 29.5 Å². The highest BCUT2D eigenvalue weighted by atomic mass is 19.4. The molecule has 0 saturated heterocycles. The third-order valence-corrected chi connectivity index (χ3v) is 3.92. The quantitative estimate of drug-likeness (QED) is 0.456. The number of nitrogens with zero attached hydrogens (tertiary/aromatic N) is 1. The lowest BCUT2D eigenvalue weighted by atomic mass is 9.94. The number of aliphatic hydroxyl groups excluding tert-OH is 1. The Morgan fingerprint density at radius 2 is 1.96 bits per heavy atom. The maximum absolute atomic E-state index is 12.8. The molecule has 0 spiro atoms. The van der Waals surface area contributed by atoms with Crippen molar-refractivity contribution in [2.24, 2.45) is 16.8 Å². The molecule has 0 aromatic heterocycles. The van der Waals surface area contributed by atoms with Crippen molar-refractivity contribution in [1.29, 1.82) is 0 Å². The number of alkyl halides is 3. The molecule has 1 atom stereocenters. The number of benzene rings is 1. The summed E-state index contributed by atoms with van der Waals surface area (Å²) in [7, 11) is 0. The van der Waals surface area contributed by atoms with Crippen LogP contribution in [0.25, 0.3) is 0 Å². The molecule has 0 amide bonds. The summed E-state index contributed by atoms with van der Waals surface area (Å²) in [6, 6.07) is 5.21. The molecule has 26 heavy (non-hydrogen) atoms. The lowest BCUT2D eigenvalue weighted by Gasteiger charge is -2.20. The molecular weight excluding hydrogens is 343 g/mol. The molecule has 0 radical (unpaired) electrons. The number of hydrogen-bond donors (Lipinski definition) is 3. The molecule has 3 N–H and O–H groups in total. The van der Waals surface area contributed by atoms with Crippen molar-refractivity contribution in [1.82, 2.24) is 10.6 Å². The van der Waals surface area contributed by atoms with Crippen molar-refractivity contribution < 1.29 is 18.3 Å². The standard InChI is InChI=1S/C19H30F3N3O/c1-4-23-18(25-13-16(8-9-26)10-14(2)3)24-12-15-6-5-7-17(11-15)19(20,21)22/h5-7,11,14,16,26H,4,8-10,12-13H2,1-3H3,(H2,23,24,25). The Labute approximate surface area is 153 Å². The summed E-state index contributed by atoms with van der Waals surface area (Å²) in [6.45, 7) is 7.82. The zero-order chi connectivity index (χ0) is 19.6. The van der Waals surface area contributed by atoms with E-state index in [-0.39, 0.29) is 13.2 Å². The first kappa shape index (κ1) is 22.3. The number of aliphatic imine (C=N–C) groups is 1. The number of aliphatic hydroxyl groups is 1. The third-order valence-electron chi connectivity index (χ3n) is 3.92. The van der Waals surface area contributed by atoms with Crippen LogP contribution in [-0.4, -0.2) is 30.8 Å². The van der Waals surface area contributed by atoms with Gasteiger partial charge in [0.15, 0.2) is 5.96 Å². The molecule has 0 aliphatic carbocycles. The average Bonchev–Trinajstić information content (AvgIpc) is 2.56. The van der Waals surface area contributed by atoms with E-state index in [4.69, 9.17) is 0 Å². The Balaban J connectivity index is 2.73. The van der Waals surface area contributed by atoms with Crippen LogP contribution >= 0.6 is 0 Å². The monoisotopic (exact) mass is 373 g/mol. The van der Waals surface area contributed by atoms with E-state index in [0.717, 1.165) is 18.6 Å². The lowest BCUT2D eigenvalue weighted by molar-refractivity contribution is -0.137. The topological polar surface area (TPSA) is 56.7 Å². The first-order valence-corrected chi connectivity index (χ1v) is 9.05. The summed E-state index contributed by atoms with van der Waals surface area (Å²) >= 11 is 0. The summed E-state index contributed by atoms with van der Waals surface area (Å²) in [5.41, 5.74) is -0.158. The van der Waals surface area contributed by atoms with Gasteiger partial charge in [0.1, 0.15) is 0 Å². The van der Waals surface area contributed by atoms with Crippen molar-refractivity contribution >= 4 is 5.96 Å². The van der Waals surface area contributed by atoms with Gasteiger partial charge in [0.05, 0.1) is 12.1 Å². The molecular formula is C19H30F3N3O. The van der Waals surface area contributed by atoms with Crippen LogP contribution in [0.3, 0.4) is 0 Å². The molecule has 0 bridgehead atoms. The van der Waals surface area contributed by atoms with Crippen LogP contribution in [0.2, 0.25) is 0 Å². The third kappa shape index (κ3) is 8.56. The summed E-state index contributed by atoms with van der Waals surface area (Å²) in [5.74, 6) is 1.41. The molecule has 1 aromatic carbocycles. The maximum atomic E-state index is 12.8. The molecule has 1 unspecified atom stereocenters. The highest BCUT2D eigenvalue weighted by Gasteiger charge is 2.30. The minimum Gasteiger partial charge on any atom is -0.396 e. The minimum atomic E-state index is -4.35. The van der Waals surface area contributed by atoms with Gasteiger partial charge in [0.2, 0.25) is 0 Å². The Hall–Kier alpha value is -1.76. The Kier molecular flexibility index (Phi) is 9.48. The number of hydrogen-bond acceptors (Lipinski definition) is 2. The maximum Gasteiger partial charge on any atom is 0.416 e. The van der Waals surface area contributed by atoms with Crippen molar-refractivity contribution in [3.8, 4) is 0 Å². The van der Waals surface area contributed by atoms with Crippen molar-refractivity contribution in [3.05, 3.63) is 35.4 Å². The first-order chi connectivity index (χ1) is 12.3. The molecule has 0 aliphatic heterocycles. The van der Waals surface area contributed by atoms with Crippen molar-refractivity contribution in [2.75, 3.05) is 19.7 Å². The molecule has 4 nitrogen and oxygen atoms in total. The molecule has 7 heteroatoms. The number of rotatable bonds is 9. The predicted molar refractivity (Wildman–Crippen MR) is 98.9 cm³/mol. The van der Waals surface area contributed by atoms with Crippen LogP contribution in [0.5, 0.6) is 0 Å². The fourth-order valence-corrected chi connectivity index (χ4v) is 2.75. The van der Waals surface area contributed by atoms with Crippen LogP contribution in [-0.2, 0) is 12.7 Å². The van der Waals surface area contributed by atoms with E-state index >= 15 is 0 Å². The normalized spacial score (nSPS) is 13.8. The average molecular weight is 373 g/mol. The molecule has 1 rings (SSSR count).